The zero-order valence-corrected chi connectivity index (χ0v) is 14.6. The maximum absolute atomic E-state index is 12.5. The Balaban J connectivity index is 2.18. The molecule has 1 unspecified atom stereocenters. The molecule has 0 radical (unpaired) electrons. The zero-order valence-electron chi connectivity index (χ0n) is 12.9. The molecule has 1 fully saturated rings. The van der Waals surface area contributed by atoms with Crippen LogP contribution >= 0.6 is 0 Å². The molecule has 0 saturated carbocycles. The van der Waals surface area contributed by atoms with Crippen LogP contribution in [0.1, 0.15) is 17.5 Å². The molecular formula is C14H21NO5S2. The fraction of sp³-hybridized carbons (Fsp3) is 0.571. The largest absolute Gasteiger partial charge is 0.497 e. The lowest BCUT2D eigenvalue weighted by molar-refractivity contribution is 0.413. The number of hydrogen-bond donors (Lipinski definition) is 1. The Kier molecular flexibility index (Phi) is 4.84. The number of rotatable bonds is 5. The summed E-state index contributed by atoms with van der Waals surface area (Å²) in [5, 5.41) is 0. The Bertz CT molecular complexity index is 745. The van der Waals surface area contributed by atoms with E-state index < -0.39 is 19.9 Å². The van der Waals surface area contributed by atoms with E-state index in [1.807, 2.05) is 0 Å². The average Bonchev–Trinajstić information content (AvgIpc) is 2.75. The van der Waals surface area contributed by atoms with Gasteiger partial charge in [-0.25, -0.2) is 21.6 Å². The third-order valence-electron chi connectivity index (χ3n) is 3.83. The summed E-state index contributed by atoms with van der Waals surface area (Å²) >= 11 is 0. The number of nitrogens with one attached hydrogen (secondary N) is 1. The van der Waals surface area contributed by atoms with Crippen LogP contribution in [0.5, 0.6) is 5.75 Å². The van der Waals surface area contributed by atoms with Gasteiger partial charge in [-0.15, -0.1) is 0 Å². The van der Waals surface area contributed by atoms with Crippen LogP contribution in [0.25, 0.3) is 0 Å². The predicted molar refractivity (Wildman–Crippen MR) is 84.4 cm³/mol. The van der Waals surface area contributed by atoms with E-state index in [1.54, 1.807) is 26.0 Å². The van der Waals surface area contributed by atoms with Gasteiger partial charge in [0.2, 0.25) is 10.0 Å². The third kappa shape index (κ3) is 3.80. The highest BCUT2D eigenvalue weighted by molar-refractivity contribution is 7.91. The number of sulfone groups is 1. The maximum Gasteiger partial charge on any atom is 0.241 e. The molecule has 1 aromatic carbocycles. The second-order valence-corrected chi connectivity index (χ2v) is 9.64. The number of aryl methyl sites for hydroxylation is 2. The monoisotopic (exact) mass is 347 g/mol. The van der Waals surface area contributed by atoms with Crippen molar-refractivity contribution in [3.63, 3.8) is 0 Å². The Labute approximate surface area is 131 Å². The van der Waals surface area contributed by atoms with Crippen molar-refractivity contribution >= 4 is 19.9 Å². The standard InChI is InChI=1S/C14H21NO5S2/c1-10-6-13(20-3)7-11(2)14(10)22(18,19)15-8-12-4-5-21(16,17)9-12/h6-7,12,15H,4-5,8-9H2,1-3H3. The van der Waals surface area contributed by atoms with Crippen molar-refractivity contribution < 1.29 is 21.6 Å². The van der Waals surface area contributed by atoms with Crippen molar-refractivity contribution in [3.05, 3.63) is 23.3 Å². The van der Waals surface area contributed by atoms with Crippen molar-refractivity contribution in [3.8, 4) is 5.75 Å². The van der Waals surface area contributed by atoms with Crippen molar-refractivity contribution in [1.29, 1.82) is 0 Å². The molecular weight excluding hydrogens is 326 g/mol. The van der Waals surface area contributed by atoms with Gasteiger partial charge in [0.05, 0.1) is 23.5 Å². The Hall–Kier alpha value is -1.12. The van der Waals surface area contributed by atoms with Crippen LogP contribution in [0.4, 0.5) is 0 Å². The number of methoxy groups -OCH3 is 1. The molecule has 1 aliphatic heterocycles. The molecule has 22 heavy (non-hydrogen) atoms. The molecule has 1 heterocycles. The van der Waals surface area contributed by atoms with Crippen LogP contribution in [-0.4, -0.2) is 42.0 Å². The molecule has 1 saturated heterocycles. The lowest BCUT2D eigenvalue weighted by Gasteiger charge is -2.15. The first-order chi connectivity index (χ1) is 10.1. The van der Waals surface area contributed by atoms with Crippen LogP contribution in [0.2, 0.25) is 0 Å². The Morgan fingerprint density at radius 3 is 2.32 bits per heavy atom. The molecule has 0 amide bonds. The Morgan fingerprint density at radius 1 is 1.27 bits per heavy atom. The van der Waals surface area contributed by atoms with Gasteiger partial charge in [-0.1, -0.05) is 0 Å². The van der Waals surface area contributed by atoms with E-state index in [1.165, 1.54) is 7.11 Å². The fourth-order valence-electron chi connectivity index (χ4n) is 2.78. The first-order valence-electron chi connectivity index (χ1n) is 7.00. The fourth-order valence-corrected chi connectivity index (χ4v) is 6.21. The van der Waals surface area contributed by atoms with Crippen molar-refractivity contribution in [2.75, 3.05) is 25.2 Å². The van der Waals surface area contributed by atoms with Crippen LogP contribution in [-0.2, 0) is 19.9 Å². The van der Waals surface area contributed by atoms with E-state index in [0.717, 1.165) is 0 Å². The molecule has 8 heteroatoms. The van der Waals surface area contributed by atoms with Gasteiger partial charge in [0.15, 0.2) is 9.84 Å². The topological polar surface area (TPSA) is 89.5 Å². The number of ether oxygens (including phenoxy) is 1. The lowest BCUT2D eigenvalue weighted by atomic mass is 10.1. The second-order valence-electron chi connectivity index (χ2n) is 5.71. The van der Waals surface area contributed by atoms with Gasteiger partial charge in [-0.2, -0.15) is 0 Å². The highest BCUT2D eigenvalue weighted by Gasteiger charge is 2.29. The summed E-state index contributed by atoms with van der Waals surface area (Å²) in [7, 11) is -5.15. The van der Waals surface area contributed by atoms with Gasteiger partial charge >= 0.3 is 0 Å². The predicted octanol–water partition coefficient (Wildman–Crippen LogP) is 1.03. The van der Waals surface area contributed by atoms with Gasteiger partial charge in [-0.05, 0) is 49.4 Å². The second kappa shape index (κ2) is 6.17. The van der Waals surface area contributed by atoms with Crippen molar-refractivity contribution in [1.82, 2.24) is 4.72 Å². The molecule has 124 valence electrons. The summed E-state index contributed by atoms with van der Waals surface area (Å²) in [6.07, 6.45) is 0.505. The highest BCUT2D eigenvalue weighted by atomic mass is 32.2. The lowest BCUT2D eigenvalue weighted by Crippen LogP contribution is -2.31. The molecule has 0 aromatic heterocycles. The molecule has 1 aliphatic rings. The molecule has 6 nitrogen and oxygen atoms in total. The SMILES string of the molecule is COc1cc(C)c(S(=O)(=O)NCC2CCS(=O)(=O)C2)c(C)c1. The van der Waals surface area contributed by atoms with Crippen LogP contribution in [0.3, 0.4) is 0 Å². The smallest absolute Gasteiger partial charge is 0.241 e. The molecule has 0 bridgehead atoms. The molecule has 1 atom stereocenters. The minimum absolute atomic E-state index is 0.0517. The first-order valence-corrected chi connectivity index (χ1v) is 10.3. The van der Waals surface area contributed by atoms with E-state index in [9.17, 15) is 16.8 Å². The van der Waals surface area contributed by atoms with Crippen LogP contribution in [0, 0.1) is 19.8 Å². The Morgan fingerprint density at radius 2 is 1.86 bits per heavy atom. The summed E-state index contributed by atoms with van der Waals surface area (Å²) in [5.74, 6) is 0.644. The molecule has 1 N–H and O–H groups in total. The molecule has 2 rings (SSSR count). The molecule has 1 aromatic rings. The third-order valence-corrected chi connectivity index (χ3v) is 7.39. The maximum atomic E-state index is 12.5. The summed E-state index contributed by atoms with van der Waals surface area (Å²) in [6, 6.07) is 3.34. The number of hydrogen-bond acceptors (Lipinski definition) is 5. The summed E-state index contributed by atoms with van der Waals surface area (Å²) in [6.45, 7) is 3.57. The average molecular weight is 347 g/mol. The summed E-state index contributed by atoms with van der Waals surface area (Å²) < 4.78 is 55.5. The molecule has 0 aliphatic carbocycles. The normalized spacial score (nSPS) is 21.0. The van der Waals surface area contributed by atoms with E-state index in [-0.39, 0.29) is 28.9 Å². The van der Waals surface area contributed by atoms with Crippen molar-refractivity contribution in [2.45, 2.75) is 25.2 Å². The number of sulfonamides is 1. The summed E-state index contributed by atoms with van der Waals surface area (Å²) in [4.78, 5) is 0.231. The van der Waals surface area contributed by atoms with E-state index in [0.29, 0.717) is 23.3 Å². The first kappa shape index (κ1) is 17.2. The van der Waals surface area contributed by atoms with E-state index in [4.69, 9.17) is 4.74 Å². The van der Waals surface area contributed by atoms with Gasteiger partial charge < -0.3 is 4.74 Å². The van der Waals surface area contributed by atoms with Crippen LogP contribution in [0.15, 0.2) is 17.0 Å². The highest BCUT2D eigenvalue weighted by Crippen LogP contribution is 2.26. The summed E-state index contributed by atoms with van der Waals surface area (Å²) in [5.41, 5.74) is 1.20. The minimum atomic E-state index is -3.67. The van der Waals surface area contributed by atoms with E-state index >= 15 is 0 Å². The number of benzene rings is 1. The quantitative estimate of drug-likeness (QED) is 0.859. The zero-order chi connectivity index (χ0) is 16.5. The van der Waals surface area contributed by atoms with Crippen molar-refractivity contribution in [2.24, 2.45) is 5.92 Å². The van der Waals surface area contributed by atoms with E-state index in [2.05, 4.69) is 4.72 Å². The van der Waals surface area contributed by atoms with Gasteiger partial charge in [0.1, 0.15) is 5.75 Å². The minimum Gasteiger partial charge on any atom is -0.497 e. The molecule has 0 spiro atoms. The van der Waals surface area contributed by atoms with Gasteiger partial charge in [-0.3, -0.25) is 0 Å². The van der Waals surface area contributed by atoms with Crippen LogP contribution < -0.4 is 9.46 Å². The van der Waals surface area contributed by atoms with Gasteiger partial charge in [0.25, 0.3) is 0 Å². The van der Waals surface area contributed by atoms with Gasteiger partial charge in [0, 0.05) is 6.54 Å².